The Morgan fingerprint density at radius 1 is 1.37 bits per heavy atom. The van der Waals surface area contributed by atoms with Gasteiger partial charge in [-0.25, -0.2) is 13.8 Å². The number of benzene rings is 1. The number of carbonyl (C=O) groups excluding carboxylic acids is 1. The fourth-order valence-corrected chi connectivity index (χ4v) is 1.59. The first kappa shape index (κ1) is 13.0. The van der Waals surface area contributed by atoms with Crippen molar-refractivity contribution in [3.05, 3.63) is 47.5 Å². The zero-order valence-corrected chi connectivity index (χ0v) is 9.91. The highest BCUT2D eigenvalue weighted by Crippen LogP contribution is 2.16. The number of nitrogens with one attached hydrogen (secondary N) is 2. The molecule has 7 heteroatoms. The molecule has 1 heterocycles. The number of imidazole rings is 1. The molecular formula is C12H12F2N4O. The highest BCUT2D eigenvalue weighted by Gasteiger charge is 2.13. The maximum atomic E-state index is 13.0. The average Bonchev–Trinajstić information content (AvgIpc) is 2.86. The number of hydrogen-bond acceptors (Lipinski definition) is 3. The summed E-state index contributed by atoms with van der Waals surface area (Å²) in [6, 6.07) is 1.58. The molecule has 0 bridgehead atoms. The third-order valence-corrected chi connectivity index (χ3v) is 2.57. The van der Waals surface area contributed by atoms with Gasteiger partial charge in [-0.15, -0.1) is 0 Å². The second-order valence-electron chi connectivity index (χ2n) is 3.94. The minimum atomic E-state index is -1.10. The van der Waals surface area contributed by atoms with Gasteiger partial charge in [0.05, 0.1) is 11.9 Å². The van der Waals surface area contributed by atoms with Crippen LogP contribution < -0.4 is 11.1 Å². The summed E-state index contributed by atoms with van der Waals surface area (Å²) in [6.45, 7) is 0.333. The van der Waals surface area contributed by atoms with Crippen LogP contribution in [0, 0.1) is 11.6 Å². The smallest absolute Gasteiger partial charge is 0.253 e. The second-order valence-corrected chi connectivity index (χ2v) is 3.94. The fourth-order valence-electron chi connectivity index (χ4n) is 1.59. The van der Waals surface area contributed by atoms with Crippen molar-refractivity contribution in [3.63, 3.8) is 0 Å². The molecule has 2 rings (SSSR count). The molecule has 0 saturated heterocycles. The third-order valence-electron chi connectivity index (χ3n) is 2.57. The van der Waals surface area contributed by atoms with Gasteiger partial charge < -0.3 is 16.0 Å². The number of H-pyrrole nitrogens is 1. The van der Waals surface area contributed by atoms with Crippen molar-refractivity contribution in [1.82, 2.24) is 15.3 Å². The minimum absolute atomic E-state index is 0.0801. The normalized spacial score (nSPS) is 10.4. The van der Waals surface area contributed by atoms with E-state index in [0.29, 0.717) is 13.0 Å². The van der Waals surface area contributed by atoms with Gasteiger partial charge in [-0.3, -0.25) is 4.79 Å². The Labute approximate surface area is 107 Å². The highest BCUT2D eigenvalue weighted by atomic mass is 19.2. The Morgan fingerprint density at radius 2 is 2.11 bits per heavy atom. The maximum Gasteiger partial charge on any atom is 0.253 e. The summed E-state index contributed by atoms with van der Waals surface area (Å²) in [7, 11) is 0. The van der Waals surface area contributed by atoms with Crippen LogP contribution in [-0.4, -0.2) is 22.4 Å². The van der Waals surface area contributed by atoms with Crippen LogP contribution >= 0.6 is 0 Å². The van der Waals surface area contributed by atoms with Gasteiger partial charge in [-0.1, -0.05) is 0 Å². The Bertz CT molecular complexity index is 584. The second kappa shape index (κ2) is 5.47. The lowest BCUT2D eigenvalue weighted by Gasteiger charge is -2.07. The van der Waals surface area contributed by atoms with E-state index in [2.05, 4.69) is 15.3 Å². The molecular weight excluding hydrogens is 254 g/mol. The molecule has 1 amide bonds. The molecule has 0 radical (unpaired) electrons. The molecule has 0 aliphatic heterocycles. The van der Waals surface area contributed by atoms with E-state index in [1.807, 2.05) is 0 Å². The van der Waals surface area contributed by atoms with Crippen LogP contribution in [0.2, 0.25) is 0 Å². The van der Waals surface area contributed by atoms with E-state index >= 15 is 0 Å². The number of amides is 1. The van der Waals surface area contributed by atoms with Crippen molar-refractivity contribution in [2.45, 2.75) is 6.42 Å². The fraction of sp³-hybridized carbons (Fsp3) is 0.167. The molecule has 0 aliphatic rings. The molecule has 0 saturated carbocycles. The van der Waals surface area contributed by atoms with Gasteiger partial charge in [0.25, 0.3) is 5.91 Å². The number of anilines is 1. The molecule has 2 aromatic rings. The van der Waals surface area contributed by atoms with Crippen LogP contribution in [0.15, 0.2) is 24.7 Å². The first-order valence-corrected chi connectivity index (χ1v) is 5.58. The zero-order valence-electron chi connectivity index (χ0n) is 9.91. The lowest BCUT2D eigenvalue weighted by atomic mass is 10.1. The quantitative estimate of drug-likeness (QED) is 0.728. The van der Waals surface area contributed by atoms with Crippen LogP contribution in [0.25, 0.3) is 0 Å². The van der Waals surface area contributed by atoms with Crippen molar-refractivity contribution < 1.29 is 13.6 Å². The topological polar surface area (TPSA) is 83.8 Å². The van der Waals surface area contributed by atoms with Crippen molar-refractivity contribution >= 4 is 11.6 Å². The monoisotopic (exact) mass is 266 g/mol. The standard InChI is InChI=1S/C12H12F2N4O/c13-9-3-8(11(15)4-10(9)14)12(19)17-2-1-7-5-16-6-18-7/h3-6H,1-2,15H2,(H,16,18)(H,17,19). The molecule has 19 heavy (non-hydrogen) atoms. The Balaban J connectivity index is 1.98. The number of nitrogen functional groups attached to an aromatic ring is 1. The van der Waals surface area contributed by atoms with Gasteiger partial charge in [-0.05, 0) is 6.07 Å². The third kappa shape index (κ3) is 3.06. The summed E-state index contributed by atoms with van der Waals surface area (Å²) in [5, 5.41) is 2.57. The molecule has 1 aromatic heterocycles. The van der Waals surface area contributed by atoms with Crippen molar-refractivity contribution in [2.75, 3.05) is 12.3 Å². The number of hydrogen-bond donors (Lipinski definition) is 3. The van der Waals surface area contributed by atoms with Gasteiger partial charge in [0.15, 0.2) is 11.6 Å². The van der Waals surface area contributed by atoms with Crippen LogP contribution in [0.4, 0.5) is 14.5 Å². The van der Waals surface area contributed by atoms with Gasteiger partial charge in [0, 0.05) is 36.6 Å². The van der Waals surface area contributed by atoms with Crippen LogP contribution in [0.5, 0.6) is 0 Å². The van der Waals surface area contributed by atoms with E-state index in [4.69, 9.17) is 5.73 Å². The Kier molecular flexibility index (Phi) is 3.74. The molecule has 0 spiro atoms. The number of carbonyl (C=O) groups is 1. The Morgan fingerprint density at radius 3 is 2.79 bits per heavy atom. The molecule has 5 nitrogen and oxygen atoms in total. The predicted octanol–water partition coefficient (Wildman–Crippen LogP) is 1.24. The summed E-state index contributed by atoms with van der Waals surface area (Å²) >= 11 is 0. The molecule has 0 unspecified atom stereocenters. The molecule has 0 aliphatic carbocycles. The molecule has 4 N–H and O–H groups in total. The Hall–Kier alpha value is -2.44. The summed E-state index contributed by atoms with van der Waals surface area (Å²) < 4.78 is 25.9. The molecule has 100 valence electrons. The molecule has 1 aromatic carbocycles. The largest absolute Gasteiger partial charge is 0.398 e. The van der Waals surface area contributed by atoms with Crippen molar-refractivity contribution in [1.29, 1.82) is 0 Å². The van der Waals surface area contributed by atoms with E-state index in [0.717, 1.165) is 17.8 Å². The van der Waals surface area contributed by atoms with Gasteiger partial charge >= 0.3 is 0 Å². The summed E-state index contributed by atoms with van der Waals surface area (Å²) in [5.74, 6) is -2.73. The van der Waals surface area contributed by atoms with Gasteiger partial charge in [-0.2, -0.15) is 0 Å². The van der Waals surface area contributed by atoms with Crippen LogP contribution in [0.3, 0.4) is 0 Å². The van der Waals surface area contributed by atoms with E-state index < -0.39 is 17.5 Å². The lowest BCUT2D eigenvalue weighted by Crippen LogP contribution is -2.26. The van der Waals surface area contributed by atoms with Gasteiger partial charge in [0.1, 0.15) is 0 Å². The first-order chi connectivity index (χ1) is 9.08. The summed E-state index contributed by atoms with van der Waals surface area (Å²) in [6.07, 6.45) is 3.72. The number of halogens is 2. The van der Waals surface area contributed by atoms with E-state index in [-0.39, 0.29) is 11.3 Å². The predicted molar refractivity (Wildman–Crippen MR) is 65.4 cm³/mol. The van der Waals surface area contributed by atoms with Crippen LogP contribution in [0.1, 0.15) is 16.1 Å². The van der Waals surface area contributed by atoms with Crippen molar-refractivity contribution in [2.24, 2.45) is 0 Å². The SMILES string of the molecule is Nc1cc(F)c(F)cc1C(=O)NCCc1cnc[nH]1. The molecule has 0 atom stereocenters. The zero-order chi connectivity index (χ0) is 13.8. The maximum absolute atomic E-state index is 13.0. The number of aromatic amines is 1. The number of nitrogens with zero attached hydrogens (tertiary/aromatic N) is 1. The highest BCUT2D eigenvalue weighted by molar-refractivity contribution is 5.99. The van der Waals surface area contributed by atoms with E-state index in [1.165, 1.54) is 6.33 Å². The van der Waals surface area contributed by atoms with Crippen LogP contribution in [-0.2, 0) is 6.42 Å². The number of rotatable bonds is 4. The first-order valence-electron chi connectivity index (χ1n) is 5.58. The summed E-state index contributed by atoms with van der Waals surface area (Å²) in [4.78, 5) is 18.5. The van der Waals surface area contributed by atoms with E-state index in [1.54, 1.807) is 6.20 Å². The number of nitrogens with two attached hydrogens (primary N) is 1. The summed E-state index contributed by atoms with van der Waals surface area (Å²) in [5.41, 5.74) is 6.15. The van der Waals surface area contributed by atoms with Gasteiger partial charge in [0.2, 0.25) is 0 Å². The molecule has 0 fully saturated rings. The minimum Gasteiger partial charge on any atom is -0.398 e. The lowest BCUT2D eigenvalue weighted by molar-refractivity contribution is 0.0954. The average molecular weight is 266 g/mol. The van der Waals surface area contributed by atoms with E-state index in [9.17, 15) is 13.6 Å². The number of aromatic nitrogens is 2. The van der Waals surface area contributed by atoms with Crippen molar-refractivity contribution in [3.8, 4) is 0 Å².